The first-order valence-electron chi connectivity index (χ1n) is 6.21. The van der Waals surface area contributed by atoms with Crippen LogP contribution in [0.15, 0.2) is 53.7 Å². The number of anilines is 1. The van der Waals surface area contributed by atoms with Crippen molar-refractivity contribution >= 4 is 27.5 Å². The Kier molecular flexibility index (Phi) is 3.92. The summed E-state index contributed by atoms with van der Waals surface area (Å²) >= 11 is 3.21. The average Bonchev–Trinajstić information content (AvgIpc) is 3.04. The molecule has 3 rings (SSSR count). The minimum absolute atomic E-state index is 0.0669. The monoisotopic (exact) mass is 361 g/mol. The molecule has 6 nitrogen and oxygen atoms in total. The molecule has 0 aliphatic rings. The molecule has 0 saturated heterocycles. The second-order valence-electron chi connectivity index (χ2n) is 4.29. The van der Waals surface area contributed by atoms with Gasteiger partial charge in [-0.05, 0) is 30.3 Å². The molecule has 0 aliphatic carbocycles. The van der Waals surface area contributed by atoms with E-state index in [1.54, 1.807) is 18.3 Å². The van der Waals surface area contributed by atoms with Gasteiger partial charge in [0.25, 0.3) is 5.91 Å². The van der Waals surface area contributed by atoms with Crippen LogP contribution in [0.2, 0.25) is 0 Å². The molecule has 8 heteroatoms. The molecule has 0 radical (unpaired) electrons. The maximum atomic E-state index is 13.8. The lowest BCUT2D eigenvalue weighted by atomic mass is 10.2. The molecule has 1 amide bonds. The third kappa shape index (κ3) is 2.86. The van der Waals surface area contributed by atoms with Crippen molar-refractivity contribution in [2.75, 3.05) is 5.32 Å². The number of carbonyl (C=O) groups excluding carboxylic acids is 1. The van der Waals surface area contributed by atoms with Crippen LogP contribution in [0.25, 0.3) is 5.82 Å². The van der Waals surface area contributed by atoms with Gasteiger partial charge in [-0.3, -0.25) is 4.79 Å². The molecule has 110 valence electrons. The van der Waals surface area contributed by atoms with Gasteiger partial charge in [0.2, 0.25) is 0 Å². The maximum Gasteiger partial charge on any atom is 0.258 e. The number of halogens is 2. The molecular formula is C14H9BrFN5O. The Morgan fingerprint density at radius 3 is 2.95 bits per heavy atom. The van der Waals surface area contributed by atoms with Gasteiger partial charge in [-0.15, -0.1) is 0 Å². The van der Waals surface area contributed by atoms with Crippen molar-refractivity contribution in [3.63, 3.8) is 0 Å². The van der Waals surface area contributed by atoms with E-state index in [-0.39, 0.29) is 5.56 Å². The fourth-order valence-corrected chi connectivity index (χ4v) is 2.22. The molecule has 0 fully saturated rings. The van der Waals surface area contributed by atoms with Crippen molar-refractivity contribution in [1.29, 1.82) is 0 Å². The normalized spacial score (nSPS) is 10.5. The Morgan fingerprint density at radius 2 is 2.18 bits per heavy atom. The smallest absolute Gasteiger partial charge is 0.258 e. The molecule has 1 N–H and O–H groups in total. The van der Waals surface area contributed by atoms with E-state index in [4.69, 9.17) is 0 Å². The summed E-state index contributed by atoms with van der Waals surface area (Å²) in [6, 6.07) is 7.47. The Labute approximate surface area is 133 Å². The second kappa shape index (κ2) is 6.02. The lowest BCUT2D eigenvalue weighted by Gasteiger charge is -2.10. The van der Waals surface area contributed by atoms with Crippen LogP contribution < -0.4 is 5.32 Å². The summed E-state index contributed by atoms with van der Waals surface area (Å²) in [6.07, 6.45) is 4.37. The molecule has 0 saturated carbocycles. The van der Waals surface area contributed by atoms with E-state index in [1.165, 1.54) is 35.5 Å². The molecular weight excluding hydrogens is 353 g/mol. The summed E-state index contributed by atoms with van der Waals surface area (Å²) in [6.45, 7) is 0. The lowest BCUT2D eigenvalue weighted by Crippen LogP contribution is -2.16. The van der Waals surface area contributed by atoms with Crippen molar-refractivity contribution in [1.82, 2.24) is 19.7 Å². The van der Waals surface area contributed by atoms with Gasteiger partial charge in [0, 0.05) is 10.7 Å². The molecule has 0 atom stereocenters. The summed E-state index contributed by atoms with van der Waals surface area (Å²) in [4.78, 5) is 20.3. The standard InChI is InChI=1S/C14H9BrFN5O/c15-9-3-4-11(16)10(6-9)14(22)20-12-2-1-5-18-13(12)21-8-17-7-19-21/h1-8H,(H,20,22). The summed E-state index contributed by atoms with van der Waals surface area (Å²) in [5.74, 6) is -0.788. The number of rotatable bonds is 3. The fraction of sp³-hybridized carbons (Fsp3) is 0. The van der Waals surface area contributed by atoms with Gasteiger partial charge in [0.1, 0.15) is 18.5 Å². The van der Waals surface area contributed by atoms with Crippen LogP contribution in [0.5, 0.6) is 0 Å². The summed E-state index contributed by atoms with van der Waals surface area (Å²) in [7, 11) is 0. The van der Waals surface area contributed by atoms with Crippen molar-refractivity contribution in [3.05, 3.63) is 65.0 Å². The number of hydrogen-bond donors (Lipinski definition) is 1. The topological polar surface area (TPSA) is 72.7 Å². The van der Waals surface area contributed by atoms with E-state index in [0.717, 1.165) is 0 Å². The number of hydrogen-bond acceptors (Lipinski definition) is 4. The van der Waals surface area contributed by atoms with Crippen molar-refractivity contribution < 1.29 is 9.18 Å². The number of carbonyl (C=O) groups is 1. The molecule has 22 heavy (non-hydrogen) atoms. The first kappa shape index (κ1) is 14.3. The number of amides is 1. The van der Waals surface area contributed by atoms with E-state index in [1.807, 2.05) is 0 Å². The minimum atomic E-state index is -0.605. The largest absolute Gasteiger partial charge is 0.319 e. The van der Waals surface area contributed by atoms with Crippen LogP contribution in [0.4, 0.5) is 10.1 Å². The Hall–Kier alpha value is -2.61. The number of benzene rings is 1. The van der Waals surface area contributed by atoms with Gasteiger partial charge in [-0.2, -0.15) is 5.10 Å². The zero-order valence-electron chi connectivity index (χ0n) is 11.1. The van der Waals surface area contributed by atoms with Crippen molar-refractivity contribution in [2.24, 2.45) is 0 Å². The Balaban J connectivity index is 1.94. The minimum Gasteiger partial charge on any atom is -0.319 e. The van der Waals surface area contributed by atoms with Crippen LogP contribution in [-0.4, -0.2) is 25.7 Å². The lowest BCUT2D eigenvalue weighted by molar-refractivity contribution is 0.102. The molecule has 0 bridgehead atoms. The molecule has 0 aliphatic heterocycles. The second-order valence-corrected chi connectivity index (χ2v) is 5.21. The molecule has 1 aromatic carbocycles. The van der Waals surface area contributed by atoms with Crippen LogP contribution >= 0.6 is 15.9 Å². The predicted molar refractivity (Wildman–Crippen MR) is 81.2 cm³/mol. The molecule has 0 spiro atoms. The van der Waals surface area contributed by atoms with Crippen LogP contribution in [-0.2, 0) is 0 Å². The van der Waals surface area contributed by atoms with Crippen molar-refractivity contribution in [3.8, 4) is 5.82 Å². The zero-order chi connectivity index (χ0) is 15.5. The van der Waals surface area contributed by atoms with Crippen molar-refractivity contribution in [2.45, 2.75) is 0 Å². The number of nitrogens with zero attached hydrogens (tertiary/aromatic N) is 4. The van der Waals surface area contributed by atoms with E-state index < -0.39 is 11.7 Å². The highest BCUT2D eigenvalue weighted by molar-refractivity contribution is 9.10. The number of pyridine rings is 1. The summed E-state index contributed by atoms with van der Waals surface area (Å²) in [5.41, 5.74) is 0.333. The number of aromatic nitrogens is 4. The van der Waals surface area contributed by atoms with Gasteiger partial charge < -0.3 is 5.32 Å². The van der Waals surface area contributed by atoms with E-state index in [9.17, 15) is 9.18 Å². The first-order chi connectivity index (χ1) is 10.6. The highest BCUT2D eigenvalue weighted by Gasteiger charge is 2.15. The van der Waals surface area contributed by atoms with Gasteiger partial charge >= 0.3 is 0 Å². The van der Waals surface area contributed by atoms with Crippen LogP contribution in [0, 0.1) is 5.82 Å². The highest BCUT2D eigenvalue weighted by Crippen LogP contribution is 2.20. The quantitative estimate of drug-likeness (QED) is 0.778. The SMILES string of the molecule is O=C(Nc1cccnc1-n1cncn1)c1cc(Br)ccc1F. The molecule has 0 unspecified atom stereocenters. The number of nitrogens with one attached hydrogen (secondary N) is 1. The summed E-state index contributed by atoms with van der Waals surface area (Å²) < 4.78 is 15.8. The van der Waals surface area contributed by atoms with E-state index in [0.29, 0.717) is 16.0 Å². The van der Waals surface area contributed by atoms with Crippen LogP contribution in [0.1, 0.15) is 10.4 Å². The highest BCUT2D eigenvalue weighted by atomic mass is 79.9. The predicted octanol–water partition coefficient (Wildman–Crippen LogP) is 2.82. The Bertz CT molecular complexity index is 822. The van der Waals surface area contributed by atoms with Crippen LogP contribution in [0.3, 0.4) is 0 Å². The van der Waals surface area contributed by atoms with Gasteiger partial charge in [0.05, 0.1) is 11.3 Å². The average molecular weight is 362 g/mol. The molecule has 3 aromatic rings. The molecule has 2 heterocycles. The third-order valence-electron chi connectivity index (χ3n) is 2.84. The van der Waals surface area contributed by atoms with E-state index >= 15 is 0 Å². The summed E-state index contributed by atoms with van der Waals surface area (Å²) in [5, 5.41) is 6.60. The zero-order valence-corrected chi connectivity index (χ0v) is 12.7. The van der Waals surface area contributed by atoms with Gasteiger partial charge in [-0.25, -0.2) is 19.0 Å². The first-order valence-corrected chi connectivity index (χ1v) is 7.01. The third-order valence-corrected chi connectivity index (χ3v) is 3.34. The maximum absolute atomic E-state index is 13.8. The Morgan fingerprint density at radius 1 is 1.32 bits per heavy atom. The van der Waals surface area contributed by atoms with E-state index in [2.05, 4.69) is 36.3 Å². The van der Waals surface area contributed by atoms with Gasteiger partial charge in [0.15, 0.2) is 5.82 Å². The molecule has 2 aromatic heterocycles. The van der Waals surface area contributed by atoms with Gasteiger partial charge in [-0.1, -0.05) is 15.9 Å². The fourth-order valence-electron chi connectivity index (χ4n) is 1.86.